The highest BCUT2D eigenvalue weighted by Crippen LogP contribution is 2.31. The van der Waals surface area contributed by atoms with E-state index >= 15 is 0 Å². The van der Waals surface area contributed by atoms with Crippen molar-refractivity contribution in [1.82, 2.24) is 15.0 Å². The number of hydroxylamine groups is 1. The fraction of sp³-hybridized carbons (Fsp3) is 0.243. The van der Waals surface area contributed by atoms with Crippen molar-refractivity contribution in [1.29, 1.82) is 0 Å². The van der Waals surface area contributed by atoms with Crippen LogP contribution < -0.4 is 9.80 Å². The van der Waals surface area contributed by atoms with Gasteiger partial charge in [0.05, 0.1) is 25.4 Å². The number of nitrogens with zero attached hydrogens (tertiary/aromatic N) is 5. The number of aryl methyl sites for hydroxylation is 1. The summed E-state index contributed by atoms with van der Waals surface area (Å²) in [5, 5.41) is 32.1. The van der Waals surface area contributed by atoms with Crippen LogP contribution in [-0.2, 0) is 22.4 Å². The molecule has 50 heavy (non-hydrogen) atoms. The molecule has 1 N–H and O–H groups in total. The Balaban J connectivity index is 1.45. The number of hydrogen-bond donors (Lipinski definition) is 1. The molecule has 0 spiro atoms. The van der Waals surface area contributed by atoms with Gasteiger partial charge in [0, 0.05) is 16.9 Å². The van der Waals surface area contributed by atoms with Gasteiger partial charge >= 0.3 is 5.97 Å². The van der Waals surface area contributed by atoms with Crippen LogP contribution in [0, 0.1) is 10.1 Å². The molecule has 1 amide bonds. The van der Waals surface area contributed by atoms with Crippen LogP contribution >= 0.6 is 0 Å². The van der Waals surface area contributed by atoms with Crippen molar-refractivity contribution in [2.24, 2.45) is 0 Å². The highest BCUT2D eigenvalue weighted by Gasteiger charge is 2.29. The number of aromatic hydroxyl groups is 1. The van der Waals surface area contributed by atoms with E-state index < -0.39 is 34.8 Å². The Labute approximate surface area is 288 Å². The second-order valence-corrected chi connectivity index (χ2v) is 11.3. The number of esters is 1. The standard InChI is InChI=1S/C37H37N5O8/c1-3-49-37(45)34-36(44)40(39-38-34)33(24-27-15-22-32(48-2)23-16-27)28-17-20-30(21-18-28)41(35(43)29-12-8-5-9-13-29)50-25-31(42(46)47)19-14-26-10-6-4-7-11-26/h4-13,15-18,20-23,31,33,44H,3,14,19,24-25H2,1-2H3. The first-order chi connectivity index (χ1) is 24.3. The minimum absolute atomic E-state index is 0.0948. The van der Waals surface area contributed by atoms with E-state index in [0.29, 0.717) is 35.4 Å². The van der Waals surface area contributed by atoms with Gasteiger partial charge in [-0.3, -0.25) is 19.7 Å². The van der Waals surface area contributed by atoms with Gasteiger partial charge in [-0.05, 0) is 72.9 Å². The summed E-state index contributed by atoms with van der Waals surface area (Å²) < 4.78 is 11.5. The molecule has 4 aromatic carbocycles. The van der Waals surface area contributed by atoms with Crippen molar-refractivity contribution in [2.75, 3.05) is 25.4 Å². The van der Waals surface area contributed by atoms with E-state index in [9.17, 15) is 24.8 Å². The molecule has 0 fully saturated rings. The third-order valence-electron chi connectivity index (χ3n) is 8.04. The topological polar surface area (TPSA) is 159 Å². The Morgan fingerprint density at radius 1 is 0.920 bits per heavy atom. The van der Waals surface area contributed by atoms with Gasteiger partial charge in [-0.2, -0.15) is 5.06 Å². The Morgan fingerprint density at radius 3 is 2.20 bits per heavy atom. The molecule has 0 saturated carbocycles. The number of ether oxygens (including phenoxy) is 2. The second-order valence-electron chi connectivity index (χ2n) is 11.3. The highest BCUT2D eigenvalue weighted by atomic mass is 16.7. The summed E-state index contributed by atoms with van der Waals surface area (Å²) in [4.78, 5) is 43.7. The molecular formula is C37H37N5O8. The quantitative estimate of drug-likeness (QED) is 0.0761. The Morgan fingerprint density at radius 2 is 1.58 bits per heavy atom. The predicted molar refractivity (Wildman–Crippen MR) is 184 cm³/mol. The molecular weight excluding hydrogens is 642 g/mol. The lowest BCUT2D eigenvalue weighted by Crippen LogP contribution is -2.36. The first-order valence-electron chi connectivity index (χ1n) is 16.0. The lowest BCUT2D eigenvalue weighted by molar-refractivity contribution is -0.527. The average molecular weight is 680 g/mol. The minimum Gasteiger partial charge on any atom is -0.497 e. The van der Waals surface area contributed by atoms with E-state index in [1.807, 2.05) is 54.6 Å². The van der Waals surface area contributed by atoms with Gasteiger partial charge in [0.15, 0.2) is 0 Å². The summed E-state index contributed by atoms with van der Waals surface area (Å²) in [7, 11) is 1.57. The number of amides is 1. The largest absolute Gasteiger partial charge is 0.497 e. The summed E-state index contributed by atoms with van der Waals surface area (Å²) in [5.41, 5.74) is 2.82. The SMILES string of the molecule is CCOC(=O)c1nnn(C(Cc2ccc(OC)cc2)c2ccc(N(OCC(CCc3ccccc3)[N+](=O)[O-])C(=O)c3ccccc3)cc2)c1O. The van der Waals surface area contributed by atoms with Crippen molar-refractivity contribution >= 4 is 17.6 Å². The Kier molecular flexibility index (Phi) is 11.9. The number of aromatic nitrogens is 3. The van der Waals surface area contributed by atoms with Crippen LogP contribution in [0.3, 0.4) is 0 Å². The monoisotopic (exact) mass is 679 g/mol. The third kappa shape index (κ3) is 8.68. The van der Waals surface area contributed by atoms with Gasteiger partial charge in [-0.25, -0.2) is 9.48 Å². The summed E-state index contributed by atoms with van der Waals surface area (Å²) in [6.07, 6.45) is 1.02. The van der Waals surface area contributed by atoms with Crippen molar-refractivity contribution in [3.8, 4) is 11.6 Å². The molecule has 0 bridgehead atoms. The predicted octanol–water partition coefficient (Wildman–Crippen LogP) is 5.86. The molecule has 0 saturated heterocycles. The maximum atomic E-state index is 13.7. The number of hydrogen-bond acceptors (Lipinski definition) is 10. The fourth-order valence-corrected chi connectivity index (χ4v) is 5.33. The van der Waals surface area contributed by atoms with Crippen LogP contribution in [0.15, 0.2) is 109 Å². The molecule has 0 aliphatic rings. The molecule has 258 valence electrons. The third-order valence-corrected chi connectivity index (χ3v) is 8.04. The van der Waals surface area contributed by atoms with Gasteiger partial charge in [-0.15, -0.1) is 5.10 Å². The zero-order valence-electron chi connectivity index (χ0n) is 27.6. The molecule has 0 aliphatic carbocycles. The zero-order chi connectivity index (χ0) is 35.5. The Bertz CT molecular complexity index is 1870. The van der Waals surface area contributed by atoms with Crippen molar-refractivity contribution in [2.45, 2.75) is 38.3 Å². The molecule has 2 atom stereocenters. The molecule has 1 heterocycles. The van der Waals surface area contributed by atoms with Crippen molar-refractivity contribution < 1.29 is 33.9 Å². The smallest absolute Gasteiger partial charge is 0.364 e. The number of nitro groups is 1. The maximum absolute atomic E-state index is 13.7. The second kappa shape index (κ2) is 16.8. The zero-order valence-corrected chi connectivity index (χ0v) is 27.6. The van der Waals surface area contributed by atoms with E-state index in [4.69, 9.17) is 14.3 Å². The van der Waals surface area contributed by atoms with Crippen molar-refractivity contribution in [3.05, 3.63) is 147 Å². The van der Waals surface area contributed by atoms with Gasteiger partial charge in [0.25, 0.3) is 5.91 Å². The molecule has 0 radical (unpaired) electrons. The summed E-state index contributed by atoms with van der Waals surface area (Å²) >= 11 is 0. The van der Waals surface area contributed by atoms with Crippen LogP contribution in [0.1, 0.15) is 56.9 Å². The number of methoxy groups -OCH3 is 1. The van der Waals surface area contributed by atoms with Crippen LogP contribution in [0.2, 0.25) is 0 Å². The Hall–Kier alpha value is -6.08. The molecule has 13 heteroatoms. The van der Waals surface area contributed by atoms with Crippen LogP contribution in [0.5, 0.6) is 11.6 Å². The van der Waals surface area contributed by atoms with Crippen LogP contribution in [0.4, 0.5) is 5.69 Å². The summed E-state index contributed by atoms with van der Waals surface area (Å²) in [6, 6.07) is 30.3. The number of anilines is 1. The molecule has 2 unspecified atom stereocenters. The average Bonchev–Trinajstić information content (AvgIpc) is 3.53. The molecule has 5 aromatic rings. The number of benzene rings is 4. The molecule has 13 nitrogen and oxygen atoms in total. The highest BCUT2D eigenvalue weighted by molar-refractivity contribution is 6.04. The first kappa shape index (κ1) is 35.2. The van der Waals surface area contributed by atoms with E-state index in [1.165, 1.54) is 4.68 Å². The van der Waals surface area contributed by atoms with E-state index in [0.717, 1.165) is 16.2 Å². The van der Waals surface area contributed by atoms with Crippen molar-refractivity contribution in [3.63, 3.8) is 0 Å². The number of carbonyl (C=O) groups excluding carboxylic acids is 2. The van der Waals surface area contributed by atoms with Gasteiger partial charge < -0.3 is 14.6 Å². The van der Waals surface area contributed by atoms with E-state index in [2.05, 4.69) is 10.3 Å². The van der Waals surface area contributed by atoms with Gasteiger partial charge in [0.1, 0.15) is 12.4 Å². The lowest BCUT2D eigenvalue weighted by atomic mass is 9.98. The van der Waals surface area contributed by atoms with Gasteiger partial charge in [0.2, 0.25) is 17.6 Å². The first-order valence-corrected chi connectivity index (χ1v) is 16.0. The van der Waals surface area contributed by atoms with Crippen LogP contribution in [-0.4, -0.2) is 63.3 Å². The van der Waals surface area contributed by atoms with Crippen LogP contribution in [0.25, 0.3) is 0 Å². The van der Waals surface area contributed by atoms with E-state index in [-0.39, 0.29) is 25.3 Å². The maximum Gasteiger partial charge on any atom is 0.364 e. The molecule has 0 aliphatic heterocycles. The minimum atomic E-state index is -1.07. The van der Waals surface area contributed by atoms with Gasteiger partial charge in [-0.1, -0.05) is 78.0 Å². The van der Waals surface area contributed by atoms with E-state index in [1.54, 1.807) is 68.6 Å². The lowest BCUT2D eigenvalue weighted by Gasteiger charge is -2.24. The number of carbonyl (C=O) groups is 2. The normalized spacial score (nSPS) is 12.1. The summed E-state index contributed by atoms with van der Waals surface area (Å²) in [5.74, 6) is -1.10. The number of rotatable bonds is 16. The molecule has 1 aromatic heterocycles. The fourth-order valence-electron chi connectivity index (χ4n) is 5.33. The summed E-state index contributed by atoms with van der Waals surface area (Å²) in [6.45, 7) is 1.40. The molecule has 5 rings (SSSR count).